The first-order chi connectivity index (χ1) is 11.8. The summed E-state index contributed by atoms with van der Waals surface area (Å²) in [5, 5.41) is 12.7. The zero-order valence-corrected chi connectivity index (χ0v) is 15.2. The largest absolute Gasteiger partial charge is 0.336 e. The van der Waals surface area contributed by atoms with Crippen LogP contribution in [0.4, 0.5) is 9.18 Å². The van der Waals surface area contributed by atoms with Crippen LogP contribution in [0.5, 0.6) is 0 Å². The number of halogens is 1. The predicted octanol–water partition coefficient (Wildman–Crippen LogP) is 2.34. The van der Waals surface area contributed by atoms with Gasteiger partial charge in [-0.25, -0.2) is 9.18 Å². The van der Waals surface area contributed by atoms with Gasteiger partial charge in [-0.1, -0.05) is 23.9 Å². The standard InChI is InChI=1S/C16H20FN5O2S/c1-9(2)18-15(24)19-14(23)10(3)25-16-21-20-13(22(16)4)11-7-5-6-8-12(11)17/h5-10H,1-4H3,(H2,18,19,23,24)/t10-/m0/s1. The highest BCUT2D eigenvalue weighted by Gasteiger charge is 2.21. The second-order valence-electron chi connectivity index (χ2n) is 5.72. The number of nitrogens with one attached hydrogen (secondary N) is 2. The first kappa shape index (κ1) is 18.9. The topological polar surface area (TPSA) is 88.9 Å². The monoisotopic (exact) mass is 365 g/mol. The van der Waals surface area contributed by atoms with Gasteiger partial charge in [0.1, 0.15) is 5.82 Å². The van der Waals surface area contributed by atoms with Crippen LogP contribution in [0.15, 0.2) is 29.4 Å². The normalized spacial score (nSPS) is 12.1. The maximum absolute atomic E-state index is 13.9. The van der Waals surface area contributed by atoms with Crippen LogP contribution in [0, 0.1) is 5.82 Å². The molecule has 1 aromatic heterocycles. The summed E-state index contributed by atoms with van der Waals surface area (Å²) in [7, 11) is 1.69. The lowest BCUT2D eigenvalue weighted by Gasteiger charge is -2.13. The van der Waals surface area contributed by atoms with Crippen LogP contribution in [0.2, 0.25) is 0 Å². The van der Waals surface area contributed by atoms with E-state index < -0.39 is 23.0 Å². The molecule has 0 spiro atoms. The minimum Gasteiger partial charge on any atom is -0.336 e. The fraction of sp³-hybridized carbons (Fsp3) is 0.375. The van der Waals surface area contributed by atoms with Crippen molar-refractivity contribution in [3.05, 3.63) is 30.1 Å². The number of rotatable bonds is 5. The molecule has 2 rings (SSSR count). The Bertz CT molecular complexity index is 778. The van der Waals surface area contributed by atoms with Crippen LogP contribution < -0.4 is 10.6 Å². The van der Waals surface area contributed by atoms with Gasteiger partial charge >= 0.3 is 6.03 Å². The first-order valence-electron chi connectivity index (χ1n) is 7.72. The van der Waals surface area contributed by atoms with Crippen molar-refractivity contribution in [1.29, 1.82) is 0 Å². The van der Waals surface area contributed by atoms with Crippen molar-refractivity contribution in [2.75, 3.05) is 0 Å². The van der Waals surface area contributed by atoms with E-state index in [0.717, 1.165) is 11.8 Å². The first-order valence-corrected chi connectivity index (χ1v) is 8.60. The van der Waals surface area contributed by atoms with Gasteiger partial charge in [0.2, 0.25) is 5.91 Å². The molecule has 2 N–H and O–H groups in total. The highest BCUT2D eigenvalue weighted by molar-refractivity contribution is 8.00. The number of benzene rings is 1. The lowest BCUT2D eigenvalue weighted by molar-refractivity contribution is -0.119. The van der Waals surface area contributed by atoms with Gasteiger partial charge in [0, 0.05) is 13.1 Å². The molecule has 1 aromatic carbocycles. The van der Waals surface area contributed by atoms with Gasteiger partial charge in [-0.3, -0.25) is 10.1 Å². The van der Waals surface area contributed by atoms with Crippen molar-refractivity contribution >= 4 is 23.7 Å². The number of nitrogens with zero attached hydrogens (tertiary/aromatic N) is 3. The Kier molecular flexibility index (Phi) is 6.13. The molecule has 0 unspecified atom stereocenters. The Morgan fingerprint density at radius 2 is 1.88 bits per heavy atom. The molecule has 1 atom stereocenters. The zero-order chi connectivity index (χ0) is 18.6. The number of urea groups is 1. The van der Waals surface area contributed by atoms with Crippen LogP contribution in [0.1, 0.15) is 20.8 Å². The Morgan fingerprint density at radius 3 is 2.52 bits per heavy atom. The van der Waals surface area contributed by atoms with Crippen LogP contribution in [-0.2, 0) is 11.8 Å². The van der Waals surface area contributed by atoms with E-state index in [9.17, 15) is 14.0 Å². The summed E-state index contributed by atoms with van der Waals surface area (Å²) >= 11 is 1.14. The number of hydrogen-bond acceptors (Lipinski definition) is 5. The van der Waals surface area contributed by atoms with Crippen molar-refractivity contribution in [2.45, 2.75) is 37.2 Å². The molecule has 0 saturated heterocycles. The van der Waals surface area contributed by atoms with Crippen molar-refractivity contribution in [1.82, 2.24) is 25.4 Å². The molecule has 7 nitrogen and oxygen atoms in total. The third-order valence-corrected chi connectivity index (χ3v) is 4.39. The van der Waals surface area contributed by atoms with Gasteiger partial charge < -0.3 is 9.88 Å². The summed E-state index contributed by atoms with van der Waals surface area (Å²) in [5.74, 6) is -0.477. The fourth-order valence-electron chi connectivity index (χ4n) is 2.02. The van der Waals surface area contributed by atoms with Crippen molar-refractivity contribution in [2.24, 2.45) is 7.05 Å². The van der Waals surface area contributed by atoms with E-state index >= 15 is 0 Å². The highest BCUT2D eigenvalue weighted by Crippen LogP contribution is 2.26. The lowest BCUT2D eigenvalue weighted by Crippen LogP contribution is -2.45. The molecule has 9 heteroatoms. The Labute approximate surface area is 149 Å². The molecule has 25 heavy (non-hydrogen) atoms. The SMILES string of the molecule is CC(C)NC(=O)NC(=O)[C@H](C)Sc1nnc(-c2ccccc2F)n1C. The highest BCUT2D eigenvalue weighted by atomic mass is 32.2. The molecule has 2 aromatic rings. The zero-order valence-electron chi connectivity index (χ0n) is 14.4. The van der Waals surface area contributed by atoms with Gasteiger partial charge in [0.05, 0.1) is 10.8 Å². The van der Waals surface area contributed by atoms with E-state index in [2.05, 4.69) is 20.8 Å². The van der Waals surface area contributed by atoms with E-state index in [4.69, 9.17) is 0 Å². The van der Waals surface area contributed by atoms with Gasteiger partial charge in [-0.15, -0.1) is 10.2 Å². The summed E-state index contributed by atoms with van der Waals surface area (Å²) in [6.45, 7) is 5.25. The molecule has 0 fully saturated rings. The molecule has 0 radical (unpaired) electrons. The number of amides is 3. The number of aromatic nitrogens is 3. The van der Waals surface area contributed by atoms with E-state index in [0.29, 0.717) is 16.5 Å². The van der Waals surface area contributed by atoms with Crippen LogP contribution >= 0.6 is 11.8 Å². The Morgan fingerprint density at radius 1 is 1.20 bits per heavy atom. The van der Waals surface area contributed by atoms with Crippen molar-refractivity contribution < 1.29 is 14.0 Å². The summed E-state index contributed by atoms with van der Waals surface area (Å²) in [4.78, 5) is 23.7. The summed E-state index contributed by atoms with van der Waals surface area (Å²) in [6, 6.07) is 5.65. The van der Waals surface area contributed by atoms with Gasteiger partial charge in [-0.05, 0) is 32.9 Å². The third kappa shape index (κ3) is 4.79. The van der Waals surface area contributed by atoms with Crippen molar-refractivity contribution in [3.63, 3.8) is 0 Å². The van der Waals surface area contributed by atoms with E-state index in [1.54, 1.807) is 50.6 Å². The molecule has 0 aliphatic carbocycles. The summed E-state index contributed by atoms with van der Waals surface area (Å²) in [5.41, 5.74) is 0.331. The Balaban J connectivity index is 2.07. The molecule has 0 aliphatic rings. The van der Waals surface area contributed by atoms with E-state index in [1.807, 2.05) is 0 Å². The minimum atomic E-state index is -0.575. The van der Waals surface area contributed by atoms with Gasteiger partial charge in [-0.2, -0.15) is 0 Å². The lowest BCUT2D eigenvalue weighted by atomic mass is 10.2. The maximum Gasteiger partial charge on any atom is 0.321 e. The van der Waals surface area contributed by atoms with E-state index in [-0.39, 0.29) is 6.04 Å². The second-order valence-corrected chi connectivity index (χ2v) is 7.03. The van der Waals surface area contributed by atoms with Crippen molar-refractivity contribution in [3.8, 4) is 11.4 Å². The molecule has 0 bridgehead atoms. The molecular weight excluding hydrogens is 345 g/mol. The molecular formula is C16H20FN5O2S. The average Bonchev–Trinajstić information content (AvgIpc) is 2.88. The van der Waals surface area contributed by atoms with Gasteiger partial charge in [0.25, 0.3) is 0 Å². The second kappa shape index (κ2) is 8.11. The molecule has 1 heterocycles. The number of hydrogen-bond donors (Lipinski definition) is 2. The number of carbonyl (C=O) groups excluding carboxylic acids is 2. The molecule has 3 amide bonds. The summed E-state index contributed by atoms with van der Waals surface area (Å²) in [6.07, 6.45) is 0. The number of carbonyl (C=O) groups is 2. The Hall–Kier alpha value is -2.42. The average molecular weight is 365 g/mol. The number of imide groups is 1. The quantitative estimate of drug-likeness (QED) is 0.794. The van der Waals surface area contributed by atoms with Crippen LogP contribution in [0.25, 0.3) is 11.4 Å². The molecule has 0 aliphatic heterocycles. The van der Waals surface area contributed by atoms with Crippen LogP contribution in [0.3, 0.4) is 0 Å². The fourth-order valence-corrected chi connectivity index (χ4v) is 2.83. The van der Waals surface area contributed by atoms with Crippen LogP contribution in [-0.4, -0.2) is 38.0 Å². The van der Waals surface area contributed by atoms with E-state index in [1.165, 1.54) is 6.07 Å². The third-order valence-electron chi connectivity index (χ3n) is 3.26. The predicted molar refractivity (Wildman–Crippen MR) is 93.5 cm³/mol. The van der Waals surface area contributed by atoms with Gasteiger partial charge in [0.15, 0.2) is 11.0 Å². The summed E-state index contributed by atoms with van der Waals surface area (Å²) < 4.78 is 15.5. The number of thioether (sulfide) groups is 1. The minimum absolute atomic E-state index is 0.0715. The molecule has 0 saturated carbocycles. The maximum atomic E-state index is 13.9. The molecule has 134 valence electrons. The smallest absolute Gasteiger partial charge is 0.321 e.